The van der Waals surface area contributed by atoms with Crippen molar-refractivity contribution in [3.63, 3.8) is 0 Å². The number of methoxy groups -OCH3 is 1. The number of aromatic nitrogens is 2. The number of aryl methyl sites for hydroxylation is 1. The molecule has 0 aliphatic carbocycles. The normalized spacial score (nSPS) is 11.1. The monoisotopic (exact) mass is 366 g/mol. The lowest BCUT2D eigenvalue weighted by molar-refractivity contribution is 0.321. The van der Waals surface area contributed by atoms with Crippen LogP contribution in [0.3, 0.4) is 0 Å². The lowest BCUT2D eigenvalue weighted by Gasteiger charge is -2.11. The lowest BCUT2D eigenvalue weighted by Crippen LogP contribution is -2.04. The number of hydrogen-bond acceptors (Lipinski definition) is 7. The van der Waals surface area contributed by atoms with Gasteiger partial charge in [-0.25, -0.2) is 4.98 Å². The van der Waals surface area contributed by atoms with E-state index >= 15 is 0 Å². The average Bonchev–Trinajstić information content (AvgIpc) is 2.70. The zero-order valence-corrected chi connectivity index (χ0v) is 15.1. The molecule has 1 aromatic carbocycles. The standard InChI is InChI=1S/C20H22N4O3/c1-27-19-7-4-6-15-16(10-12-22-20(15)19)21-11-3-2-5-14-8-9-18(25)17(24-14)13-23-26/h4,6-10,12-13,25-26H,2-3,5,11H2,1H3,(H,21,22)/b23-13+. The number of benzene rings is 1. The maximum atomic E-state index is 9.64. The number of anilines is 1. The van der Waals surface area contributed by atoms with Gasteiger partial charge in [-0.1, -0.05) is 17.3 Å². The van der Waals surface area contributed by atoms with Crippen LogP contribution in [0.25, 0.3) is 10.9 Å². The molecule has 2 heterocycles. The van der Waals surface area contributed by atoms with E-state index in [1.165, 1.54) is 0 Å². The van der Waals surface area contributed by atoms with Gasteiger partial charge in [0.2, 0.25) is 0 Å². The van der Waals surface area contributed by atoms with Crippen molar-refractivity contribution in [2.45, 2.75) is 19.3 Å². The van der Waals surface area contributed by atoms with Gasteiger partial charge in [0, 0.05) is 29.5 Å². The molecule has 27 heavy (non-hydrogen) atoms. The van der Waals surface area contributed by atoms with Gasteiger partial charge in [-0.2, -0.15) is 0 Å². The molecule has 0 fully saturated rings. The minimum atomic E-state index is -0.00166. The van der Waals surface area contributed by atoms with Crippen molar-refractivity contribution in [1.82, 2.24) is 9.97 Å². The van der Waals surface area contributed by atoms with Gasteiger partial charge in [0.15, 0.2) is 0 Å². The number of nitrogens with zero attached hydrogens (tertiary/aromatic N) is 3. The first-order valence-corrected chi connectivity index (χ1v) is 8.75. The van der Waals surface area contributed by atoms with E-state index < -0.39 is 0 Å². The summed E-state index contributed by atoms with van der Waals surface area (Å²) in [6.07, 6.45) is 5.58. The quantitative estimate of drug-likeness (QED) is 0.244. The number of hydrogen-bond donors (Lipinski definition) is 3. The molecular formula is C20H22N4O3. The van der Waals surface area contributed by atoms with Crippen LogP contribution in [-0.2, 0) is 6.42 Å². The third-order valence-corrected chi connectivity index (χ3v) is 4.27. The third kappa shape index (κ3) is 4.44. The highest BCUT2D eigenvalue weighted by molar-refractivity contribution is 5.94. The topological polar surface area (TPSA) is 99.9 Å². The molecule has 0 saturated heterocycles. The van der Waals surface area contributed by atoms with Crippen molar-refractivity contribution < 1.29 is 15.1 Å². The van der Waals surface area contributed by atoms with Crippen molar-refractivity contribution in [2.24, 2.45) is 5.16 Å². The highest BCUT2D eigenvalue weighted by Crippen LogP contribution is 2.28. The van der Waals surface area contributed by atoms with Gasteiger partial charge in [-0.3, -0.25) is 4.98 Å². The number of unbranched alkanes of at least 4 members (excludes halogenated alkanes) is 1. The summed E-state index contributed by atoms with van der Waals surface area (Å²) in [5.74, 6) is 0.759. The second kappa shape index (κ2) is 8.84. The van der Waals surface area contributed by atoms with E-state index in [9.17, 15) is 5.11 Å². The molecule has 0 atom stereocenters. The smallest absolute Gasteiger partial charge is 0.145 e. The van der Waals surface area contributed by atoms with E-state index in [2.05, 4.69) is 20.4 Å². The fourth-order valence-corrected chi connectivity index (χ4v) is 2.92. The molecule has 3 rings (SSSR count). The van der Waals surface area contributed by atoms with Crippen LogP contribution in [0, 0.1) is 0 Å². The summed E-state index contributed by atoms with van der Waals surface area (Å²) in [6.45, 7) is 0.819. The zero-order valence-electron chi connectivity index (χ0n) is 15.1. The van der Waals surface area contributed by atoms with E-state index in [4.69, 9.17) is 9.94 Å². The molecule has 3 N–H and O–H groups in total. The fraction of sp³-hybridized carbons (Fsp3) is 0.250. The summed E-state index contributed by atoms with van der Waals surface area (Å²) >= 11 is 0. The Morgan fingerprint density at radius 3 is 2.89 bits per heavy atom. The van der Waals surface area contributed by atoms with Crippen molar-refractivity contribution >= 4 is 22.8 Å². The molecule has 2 aromatic heterocycles. The second-order valence-corrected chi connectivity index (χ2v) is 6.05. The van der Waals surface area contributed by atoms with Gasteiger partial charge >= 0.3 is 0 Å². The van der Waals surface area contributed by atoms with Gasteiger partial charge in [-0.15, -0.1) is 0 Å². The Morgan fingerprint density at radius 2 is 2.07 bits per heavy atom. The molecule has 140 valence electrons. The maximum absolute atomic E-state index is 9.64. The Hall–Kier alpha value is -3.35. The predicted octanol–water partition coefficient (Wildman–Crippen LogP) is 3.59. The number of oxime groups is 1. The second-order valence-electron chi connectivity index (χ2n) is 6.05. The largest absolute Gasteiger partial charge is 0.506 e. The van der Waals surface area contributed by atoms with Gasteiger partial charge in [-0.05, 0) is 43.5 Å². The molecule has 0 radical (unpaired) electrons. The molecule has 0 unspecified atom stereocenters. The summed E-state index contributed by atoms with van der Waals surface area (Å²) in [7, 11) is 1.64. The molecule has 0 amide bonds. The predicted molar refractivity (Wildman–Crippen MR) is 105 cm³/mol. The van der Waals surface area contributed by atoms with Crippen molar-refractivity contribution in [3.8, 4) is 11.5 Å². The Bertz CT molecular complexity index is 944. The van der Waals surface area contributed by atoms with Gasteiger partial charge < -0.3 is 20.4 Å². The Balaban J connectivity index is 1.55. The summed E-state index contributed by atoms with van der Waals surface area (Å²) in [5, 5.41) is 25.6. The molecule has 0 aliphatic rings. The van der Waals surface area contributed by atoms with Gasteiger partial charge in [0.1, 0.15) is 22.7 Å². The third-order valence-electron chi connectivity index (χ3n) is 4.27. The van der Waals surface area contributed by atoms with Crippen LogP contribution in [0.5, 0.6) is 11.5 Å². The summed E-state index contributed by atoms with van der Waals surface area (Å²) in [4.78, 5) is 8.68. The molecule has 0 bridgehead atoms. The summed E-state index contributed by atoms with van der Waals surface area (Å²) in [5.41, 5.74) is 2.99. The van der Waals surface area contributed by atoms with Crippen LogP contribution in [0.1, 0.15) is 24.2 Å². The zero-order chi connectivity index (χ0) is 19.1. The van der Waals surface area contributed by atoms with Crippen LogP contribution in [0.4, 0.5) is 5.69 Å². The van der Waals surface area contributed by atoms with E-state index in [1.54, 1.807) is 25.4 Å². The molecule has 0 spiro atoms. The van der Waals surface area contributed by atoms with Crippen molar-refractivity contribution in [3.05, 3.63) is 54.0 Å². The highest BCUT2D eigenvalue weighted by Gasteiger charge is 2.06. The fourth-order valence-electron chi connectivity index (χ4n) is 2.92. The molecule has 3 aromatic rings. The number of para-hydroxylation sites is 1. The SMILES string of the molecule is COc1cccc2c(NCCCCc3ccc(O)c(/C=N/O)n3)ccnc12. The Kier molecular flexibility index (Phi) is 6.04. The maximum Gasteiger partial charge on any atom is 0.145 e. The van der Waals surface area contributed by atoms with E-state index in [0.29, 0.717) is 0 Å². The average molecular weight is 366 g/mol. The number of fused-ring (bicyclic) bond motifs is 1. The van der Waals surface area contributed by atoms with Crippen LogP contribution >= 0.6 is 0 Å². The van der Waals surface area contributed by atoms with E-state index in [1.807, 2.05) is 24.3 Å². The molecule has 0 aliphatic heterocycles. The molecule has 0 saturated carbocycles. The number of aromatic hydroxyl groups is 1. The minimum Gasteiger partial charge on any atom is -0.506 e. The molecule has 7 heteroatoms. The van der Waals surface area contributed by atoms with Crippen LogP contribution in [-0.4, -0.2) is 40.2 Å². The van der Waals surface area contributed by atoms with Gasteiger partial charge in [0.25, 0.3) is 0 Å². The number of ether oxygens (including phenoxy) is 1. The number of pyridine rings is 2. The minimum absolute atomic E-state index is 0.00166. The first-order valence-electron chi connectivity index (χ1n) is 8.75. The van der Waals surface area contributed by atoms with Crippen molar-refractivity contribution in [2.75, 3.05) is 19.0 Å². The first-order chi connectivity index (χ1) is 13.2. The first kappa shape index (κ1) is 18.4. The number of rotatable bonds is 8. The van der Waals surface area contributed by atoms with Crippen LogP contribution in [0.2, 0.25) is 0 Å². The lowest BCUT2D eigenvalue weighted by atomic mass is 10.1. The summed E-state index contributed by atoms with van der Waals surface area (Å²) < 4.78 is 5.37. The highest BCUT2D eigenvalue weighted by atomic mass is 16.5. The van der Waals surface area contributed by atoms with E-state index in [-0.39, 0.29) is 11.4 Å². The Labute approximate surface area is 157 Å². The molecular weight excluding hydrogens is 344 g/mol. The van der Waals surface area contributed by atoms with E-state index in [0.717, 1.165) is 60.1 Å². The summed E-state index contributed by atoms with van der Waals surface area (Å²) in [6, 6.07) is 11.2. The van der Waals surface area contributed by atoms with Crippen molar-refractivity contribution in [1.29, 1.82) is 0 Å². The van der Waals surface area contributed by atoms with Crippen LogP contribution in [0.15, 0.2) is 47.8 Å². The van der Waals surface area contributed by atoms with Crippen LogP contribution < -0.4 is 10.1 Å². The number of nitrogens with one attached hydrogen (secondary N) is 1. The molecule has 7 nitrogen and oxygen atoms in total. The Morgan fingerprint density at radius 1 is 1.19 bits per heavy atom. The van der Waals surface area contributed by atoms with Gasteiger partial charge in [0.05, 0.1) is 13.3 Å².